The number of aryl methyl sites for hydroxylation is 1. The molecule has 0 bridgehead atoms. The van der Waals surface area contributed by atoms with Crippen LogP contribution in [0.15, 0.2) is 42.9 Å². The number of rotatable bonds is 7. The highest BCUT2D eigenvalue weighted by Gasteiger charge is 2.18. The number of benzene rings is 1. The molecule has 0 radical (unpaired) electrons. The summed E-state index contributed by atoms with van der Waals surface area (Å²) in [6.07, 6.45) is 3.99. The van der Waals surface area contributed by atoms with Crippen LogP contribution < -0.4 is 10.1 Å². The maximum absolute atomic E-state index is 11.7. The highest BCUT2D eigenvalue weighted by atomic mass is 16.7. The van der Waals surface area contributed by atoms with E-state index in [0.717, 1.165) is 24.0 Å². The minimum atomic E-state index is -0.718. The number of aromatic nitrogens is 3. The Balaban J connectivity index is 1.81. The van der Waals surface area contributed by atoms with E-state index in [0.29, 0.717) is 18.0 Å². The number of fused-ring (bicyclic) bond motifs is 1. The Hall–Kier alpha value is -3.09. The predicted octanol–water partition coefficient (Wildman–Crippen LogP) is 3.48. The minimum Gasteiger partial charge on any atom is -0.434 e. The van der Waals surface area contributed by atoms with Crippen molar-refractivity contribution in [3.05, 3.63) is 54.0 Å². The lowest BCUT2D eigenvalue weighted by atomic mass is 10.1. The quantitative estimate of drug-likeness (QED) is 0.655. The first kappa shape index (κ1) is 17.7. The molecule has 0 aliphatic carbocycles. The molecule has 0 atom stereocenters. The number of carbonyl (C=O) groups is 1. The lowest BCUT2D eigenvalue weighted by Crippen LogP contribution is -2.10. The van der Waals surface area contributed by atoms with Crippen LogP contribution in [0.3, 0.4) is 0 Å². The molecule has 2 aromatic heterocycles. The Labute approximate surface area is 152 Å². The minimum absolute atomic E-state index is 0.264. The molecule has 0 unspecified atom stereocenters. The fourth-order valence-electron chi connectivity index (χ4n) is 2.82. The Kier molecular flexibility index (Phi) is 5.68. The van der Waals surface area contributed by atoms with Crippen molar-refractivity contribution in [2.45, 2.75) is 26.7 Å². The molecule has 0 aliphatic heterocycles. The number of hydrogen-bond donors (Lipinski definition) is 1. The van der Waals surface area contributed by atoms with Crippen molar-refractivity contribution in [2.75, 3.05) is 18.5 Å². The third-order valence-electron chi connectivity index (χ3n) is 4.00. The maximum atomic E-state index is 11.7. The van der Waals surface area contributed by atoms with Gasteiger partial charge in [-0.25, -0.2) is 14.3 Å². The van der Waals surface area contributed by atoms with Crippen molar-refractivity contribution >= 4 is 17.5 Å². The number of anilines is 1. The number of carbonyl (C=O) groups excluding carboxylic acids is 1. The van der Waals surface area contributed by atoms with Crippen LogP contribution in [0.5, 0.6) is 5.75 Å². The summed E-state index contributed by atoms with van der Waals surface area (Å²) in [7, 11) is 0. The van der Waals surface area contributed by atoms with Gasteiger partial charge in [0.15, 0.2) is 11.6 Å². The van der Waals surface area contributed by atoms with E-state index in [2.05, 4.69) is 27.5 Å². The van der Waals surface area contributed by atoms with Crippen molar-refractivity contribution < 1.29 is 14.3 Å². The van der Waals surface area contributed by atoms with Gasteiger partial charge in [-0.1, -0.05) is 37.3 Å². The number of hydrogen-bond acceptors (Lipinski definition) is 6. The first-order chi connectivity index (χ1) is 12.7. The van der Waals surface area contributed by atoms with Crippen LogP contribution in [0, 0.1) is 0 Å². The second-order valence-electron chi connectivity index (χ2n) is 5.67. The van der Waals surface area contributed by atoms with Gasteiger partial charge in [0, 0.05) is 12.1 Å². The zero-order chi connectivity index (χ0) is 18.4. The summed E-state index contributed by atoms with van der Waals surface area (Å²) >= 11 is 0. The lowest BCUT2D eigenvalue weighted by Gasteiger charge is -2.08. The SMILES string of the molecule is CCOC(=O)Oc1cn2ncnc(NCCc3ccccc3)c2c1CC. The van der Waals surface area contributed by atoms with Crippen molar-refractivity contribution in [1.82, 2.24) is 14.6 Å². The number of nitrogens with zero attached hydrogens (tertiary/aromatic N) is 3. The molecule has 0 aliphatic rings. The van der Waals surface area contributed by atoms with E-state index < -0.39 is 6.16 Å². The Bertz CT molecular complexity index is 877. The second kappa shape index (κ2) is 8.33. The molecule has 0 saturated carbocycles. The van der Waals surface area contributed by atoms with Crippen LogP contribution in [0.1, 0.15) is 25.0 Å². The van der Waals surface area contributed by atoms with E-state index >= 15 is 0 Å². The van der Waals surface area contributed by atoms with E-state index in [1.54, 1.807) is 17.6 Å². The van der Waals surface area contributed by atoms with Crippen molar-refractivity contribution in [1.29, 1.82) is 0 Å². The third-order valence-corrected chi connectivity index (χ3v) is 4.00. The topological polar surface area (TPSA) is 77.8 Å². The molecule has 2 heterocycles. The molecular weight excluding hydrogens is 332 g/mol. The molecule has 3 aromatic rings. The fourth-order valence-corrected chi connectivity index (χ4v) is 2.82. The Morgan fingerprint density at radius 3 is 2.77 bits per heavy atom. The van der Waals surface area contributed by atoms with Crippen molar-refractivity contribution in [3.8, 4) is 5.75 Å². The summed E-state index contributed by atoms with van der Waals surface area (Å²) in [6, 6.07) is 10.2. The molecule has 7 nitrogen and oxygen atoms in total. The summed E-state index contributed by atoms with van der Waals surface area (Å²) in [5, 5.41) is 7.58. The Morgan fingerprint density at radius 1 is 1.23 bits per heavy atom. The molecule has 26 heavy (non-hydrogen) atoms. The highest BCUT2D eigenvalue weighted by molar-refractivity contribution is 5.77. The summed E-state index contributed by atoms with van der Waals surface area (Å²) < 4.78 is 11.8. The van der Waals surface area contributed by atoms with Gasteiger partial charge >= 0.3 is 6.16 Å². The summed E-state index contributed by atoms with van der Waals surface area (Å²) in [5.41, 5.74) is 2.92. The molecule has 3 rings (SSSR count). The van der Waals surface area contributed by atoms with E-state index in [1.807, 2.05) is 25.1 Å². The van der Waals surface area contributed by atoms with Crippen LogP contribution in [-0.2, 0) is 17.6 Å². The molecule has 0 spiro atoms. The molecule has 0 saturated heterocycles. The normalized spacial score (nSPS) is 10.7. The van der Waals surface area contributed by atoms with Crippen LogP contribution in [0.4, 0.5) is 10.6 Å². The summed E-state index contributed by atoms with van der Waals surface area (Å²) in [5.74, 6) is 1.16. The predicted molar refractivity (Wildman–Crippen MR) is 98.7 cm³/mol. The molecular formula is C19H22N4O3. The molecule has 1 N–H and O–H groups in total. The first-order valence-electron chi connectivity index (χ1n) is 8.70. The third kappa shape index (κ3) is 3.93. The van der Waals surface area contributed by atoms with Crippen molar-refractivity contribution in [2.24, 2.45) is 0 Å². The lowest BCUT2D eigenvalue weighted by molar-refractivity contribution is 0.104. The summed E-state index contributed by atoms with van der Waals surface area (Å²) in [6.45, 7) is 4.73. The van der Waals surface area contributed by atoms with E-state index in [-0.39, 0.29) is 6.61 Å². The second-order valence-corrected chi connectivity index (χ2v) is 5.67. The molecule has 136 valence electrons. The highest BCUT2D eigenvalue weighted by Crippen LogP contribution is 2.29. The van der Waals surface area contributed by atoms with Crippen molar-refractivity contribution in [3.63, 3.8) is 0 Å². The summed E-state index contributed by atoms with van der Waals surface area (Å²) in [4.78, 5) is 16.0. The van der Waals surface area contributed by atoms with Crippen LogP contribution in [-0.4, -0.2) is 33.9 Å². The van der Waals surface area contributed by atoms with Gasteiger partial charge in [0.2, 0.25) is 0 Å². The van der Waals surface area contributed by atoms with Gasteiger partial charge < -0.3 is 14.8 Å². The monoisotopic (exact) mass is 354 g/mol. The number of ether oxygens (including phenoxy) is 2. The fraction of sp³-hybridized carbons (Fsp3) is 0.316. The first-order valence-corrected chi connectivity index (χ1v) is 8.70. The standard InChI is InChI=1S/C19H22N4O3/c1-3-15-16(26-19(24)25-4-2)12-23-17(15)18(21-13-22-23)20-11-10-14-8-6-5-7-9-14/h5-9,12-13H,3-4,10-11H2,1-2H3,(H,20,21,22). The smallest absolute Gasteiger partial charge is 0.434 e. The van der Waals surface area contributed by atoms with Crippen LogP contribution >= 0.6 is 0 Å². The molecule has 7 heteroatoms. The molecule has 1 aromatic carbocycles. The van der Waals surface area contributed by atoms with Gasteiger partial charge in [0.1, 0.15) is 11.8 Å². The molecule has 0 fully saturated rings. The van der Waals surface area contributed by atoms with Gasteiger partial charge in [0.25, 0.3) is 0 Å². The Morgan fingerprint density at radius 2 is 2.04 bits per heavy atom. The van der Waals surface area contributed by atoms with Gasteiger partial charge in [-0.05, 0) is 25.3 Å². The average Bonchev–Trinajstić information content (AvgIpc) is 3.00. The average molecular weight is 354 g/mol. The van der Waals surface area contributed by atoms with Crippen LogP contribution in [0.25, 0.3) is 5.52 Å². The molecule has 0 amide bonds. The maximum Gasteiger partial charge on any atom is 0.513 e. The van der Waals surface area contributed by atoms with Crippen LogP contribution in [0.2, 0.25) is 0 Å². The van der Waals surface area contributed by atoms with E-state index in [4.69, 9.17) is 9.47 Å². The van der Waals surface area contributed by atoms with Gasteiger partial charge in [-0.2, -0.15) is 5.10 Å². The largest absolute Gasteiger partial charge is 0.513 e. The van der Waals surface area contributed by atoms with E-state index in [9.17, 15) is 4.79 Å². The van der Waals surface area contributed by atoms with Gasteiger partial charge in [0.05, 0.1) is 12.8 Å². The van der Waals surface area contributed by atoms with Gasteiger partial charge in [-0.15, -0.1) is 0 Å². The number of nitrogens with one attached hydrogen (secondary N) is 1. The van der Waals surface area contributed by atoms with Gasteiger partial charge in [-0.3, -0.25) is 0 Å². The zero-order valence-corrected chi connectivity index (χ0v) is 14.9. The van der Waals surface area contributed by atoms with E-state index in [1.165, 1.54) is 11.9 Å². The zero-order valence-electron chi connectivity index (χ0n) is 14.9.